The summed E-state index contributed by atoms with van der Waals surface area (Å²) in [5, 5.41) is 3.30. The predicted octanol–water partition coefficient (Wildman–Crippen LogP) is 6.92. The van der Waals surface area contributed by atoms with E-state index in [1.807, 2.05) is 0 Å². The average Bonchev–Trinajstić information content (AvgIpc) is 3.28. The molecular formula is C26H34P2. The average molecular weight is 409 g/mol. The molecule has 2 heteroatoms. The molecule has 2 aromatic carbocycles. The smallest absolute Gasteiger partial charge is 0.00594 e. The van der Waals surface area contributed by atoms with E-state index < -0.39 is 7.92 Å². The first kappa shape index (κ1) is 21.5. The number of rotatable bonds is 9. The van der Waals surface area contributed by atoms with Crippen LogP contribution in [-0.4, -0.2) is 23.6 Å². The van der Waals surface area contributed by atoms with Crippen molar-refractivity contribution < 1.29 is 0 Å². The molecule has 0 radical (unpaired) electrons. The third kappa shape index (κ3) is 4.67. The van der Waals surface area contributed by atoms with Crippen molar-refractivity contribution in [2.24, 2.45) is 5.92 Å². The Balaban J connectivity index is 2.13. The van der Waals surface area contributed by atoms with Gasteiger partial charge in [0.05, 0.1) is 0 Å². The lowest BCUT2D eigenvalue weighted by molar-refractivity contribution is 0.521. The molecule has 2 aromatic rings. The monoisotopic (exact) mass is 408 g/mol. The summed E-state index contributed by atoms with van der Waals surface area (Å²) in [5.41, 5.74) is 1.61. The number of benzene rings is 2. The minimum Gasteiger partial charge on any atom is -0.106 e. The van der Waals surface area contributed by atoms with Crippen molar-refractivity contribution in [3.63, 3.8) is 0 Å². The zero-order valence-corrected chi connectivity index (χ0v) is 19.6. The first-order valence-corrected chi connectivity index (χ1v) is 13.8. The summed E-state index contributed by atoms with van der Waals surface area (Å²) in [7, 11) is -0.384. The van der Waals surface area contributed by atoms with E-state index in [0.29, 0.717) is 5.92 Å². The molecule has 2 unspecified atom stereocenters. The SMILES string of the molecule is CCP(CC)CC(C)(C(C)C1=CC=CC1)P(c1ccccc1)c1ccccc1. The fourth-order valence-electron chi connectivity index (χ4n) is 4.38. The van der Waals surface area contributed by atoms with Crippen LogP contribution >= 0.6 is 15.8 Å². The summed E-state index contributed by atoms with van der Waals surface area (Å²) in [6.45, 7) is 9.88. The van der Waals surface area contributed by atoms with Gasteiger partial charge in [-0.05, 0) is 49.4 Å². The fourth-order valence-corrected chi connectivity index (χ4v) is 10.6. The van der Waals surface area contributed by atoms with Gasteiger partial charge in [0, 0.05) is 5.16 Å². The maximum atomic E-state index is 2.60. The second kappa shape index (κ2) is 10.0. The molecule has 3 rings (SSSR count). The molecule has 0 fully saturated rings. The fraction of sp³-hybridized carbons (Fsp3) is 0.385. The molecule has 1 aliphatic carbocycles. The van der Waals surface area contributed by atoms with E-state index in [-0.39, 0.29) is 13.1 Å². The van der Waals surface area contributed by atoms with Gasteiger partial charge in [-0.3, -0.25) is 0 Å². The summed E-state index contributed by atoms with van der Waals surface area (Å²) < 4.78 is 0. The third-order valence-electron chi connectivity index (χ3n) is 6.27. The van der Waals surface area contributed by atoms with E-state index in [2.05, 4.69) is 107 Å². The first-order chi connectivity index (χ1) is 13.6. The van der Waals surface area contributed by atoms with Gasteiger partial charge < -0.3 is 0 Å². The van der Waals surface area contributed by atoms with Gasteiger partial charge in [0.2, 0.25) is 0 Å². The Hall–Kier alpha value is -1.22. The van der Waals surface area contributed by atoms with E-state index >= 15 is 0 Å². The molecule has 0 bridgehead atoms. The Bertz CT molecular complexity index is 750. The Labute approximate surface area is 174 Å². The van der Waals surface area contributed by atoms with Gasteiger partial charge >= 0.3 is 0 Å². The van der Waals surface area contributed by atoms with Crippen LogP contribution in [0, 0.1) is 5.92 Å². The van der Waals surface area contributed by atoms with Crippen LogP contribution in [0.2, 0.25) is 0 Å². The van der Waals surface area contributed by atoms with Gasteiger partial charge in [0.15, 0.2) is 0 Å². The molecule has 0 saturated carbocycles. The zero-order chi connectivity index (χ0) is 20.0. The van der Waals surface area contributed by atoms with Gasteiger partial charge in [-0.1, -0.05) is 112 Å². The van der Waals surface area contributed by atoms with Crippen LogP contribution in [0.25, 0.3) is 0 Å². The van der Waals surface area contributed by atoms with Crippen molar-refractivity contribution in [1.29, 1.82) is 0 Å². The van der Waals surface area contributed by atoms with Crippen LogP contribution in [0.4, 0.5) is 0 Å². The molecule has 0 aromatic heterocycles. The van der Waals surface area contributed by atoms with Crippen molar-refractivity contribution in [3.8, 4) is 0 Å². The molecule has 0 N–H and O–H groups in total. The van der Waals surface area contributed by atoms with E-state index in [1.54, 1.807) is 5.57 Å². The summed E-state index contributed by atoms with van der Waals surface area (Å²) >= 11 is 0. The van der Waals surface area contributed by atoms with Crippen molar-refractivity contribution in [3.05, 3.63) is 84.5 Å². The highest BCUT2D eigenvalue weighted by molar-refractivity contribution is 7.75. The van der Waals surface area contributed by atoms with Gasteiger partial charge in [-0.2, -0.15) is 0 Å². The van der Waals surface area contributed by atoms with Gasteiger partial charge in [-0.15, -0.1) is 7.92 Å². The molecule has 0 heterocycles. The lowest BCUT2D eigenvalue weighted by atomic mass is 9.88. The molecule has 0 aliphatic heterocycles. The first-order valence-electron chi connectivity index (χ1n) is 10.6. The van der Waals surface area contributed by atoms with Crippen LogP contribution in [0.3, 0.4) is 0 Å². The van der Waals surface area contributed by atoms with E-state index in [0.717, 1.165) is 6.42 Å². The number of allylic oxidation sites excluding steroid dienone is 4. The standard InChI is InChI=1S/C26H34P2/c1-5-27(6-2)21-26(4,22(3)23-15-13-14-16-23)28(24-17-9-7-10-18-24)25-19-11-8-12-20-25/h7-15,17-20,22H,5-6,16,21H2,1-4H3. The van der Waals surface area contributed by atoms with Gasteiger partial charge in [0.25, 0.3) is 0 Å². The lowest BCUT2D eigenvalue weighted by Crippen LogP contribution is -2.41. The number of hydrogen-bond acceptors (Lipinski definition) is 0. The summed E-state index contributed by atoms with van der Waals surface area (Å²) in [5.74, 6) is 0.581. The second-order valence-corrected chi connectivity index (χ2v) is 13.6. The van der Waals surface area contributed by atoms with Crippen molar-refractivity contribution in [1.82, 2.24) is 0 Å². The second-order valence-electron chi connectivity index (χ2n) is 7.92. The van der Waals surface area contributed by atoms with Crippen LogP contribution in [-0.2, 0) is 0 Å². The zero-order valence-electron chi connectivity index (χ0n) is 17.8. The Morgan fingerprint density at radius 2 is 1.43 bits per heavy atom. The Kier molecular flexibility index (Phi) is 7.68. The summed E-state index contributed by atoms with van der Waals surface area (Å²) in [4.78, 5) is 0. The largest absolute Gasteiger partial charge is 0.106 e. The van der Waals surface area contributed by atoms with Gasteiger partial charge in [0.1, 0.15) is 0 Å². The maximum absolute atomic E-state index is 2.60. The molecule has 0 saturated heterocycles. The van der Waals surface area contributed by atoms with E-state index in [4.69, 9.17) is 0 Å². The van der Waals surface area contributed by atoms with Crippen LogP contribution in [0.1, 0.15) is 34.1 Å². The van der Waals surface area contributed by atoms with Crippen LogP contribution < -0.4 is 10.6 Å². The van der Waals surface area contributed by atoms with Crippen molar-refractivity contribution >= 4 is 26.5 Å². The van der Waals surface area contributed by atoms with Crippen molar-refractivity contribution in [2.45, 2.75) is 39.3 Å². The molecule has 148 valence electrons. The molecule has 0 amide bonds. The number of hydrogen-bond donors (Lipinski definition) is 0. The van der Waals surface area contributed by atoms with E-state index in [1.165, 1.54) is 29.1 Å². The van der Waals surface area contributed by atoms with E-state index in [9.17, 15) is 0 Å². The predicted molar refractivity (Wildman–Crippen MR) is 131 cm³/mol. The minimum absolute atomic E-state index is 0.0644. The molecule has 0 spiro atoms. The third-order valence-corrected chi connectivity index (χ3v) is 12.6. The normalized spacial score (nSPS) is 17.0. The highest BCUT2D eigenvalue weighted by atomic mass is 31.1. The van der Waals surface area contributed by atoms with Gasteiger partial charge in [-0.25, -0.2) is 0 Å². The molecule has 1 aliphatic rings. The maximum Gasteiger partial charge on any atom is 0.00594 e. The highest BCUT2D eigenvalue weighted by Crippen LogP contribution is 2.59. The summed E-state index contributed by atoms with van der Waals surface area (Å²) in [6.07, 6.45) is 12.1. The highest BCUT2D eigenvalue weighted by Gasteiger charge is 2.43. The Morgan fingerprint density at radius 1 is 0.893 bits per heavy atom. The quantitative estimate of drug-likeness (QED) is 0.395. The van der Waals surface area contributed by atoms with Crippen LogP contribution in [0.15, 0.2) is 84.5 Å². The van der Waals surface area contributed by atoms with Crippen LogP contribution in [0.5, 0.6) is 0 Å². The topological polar surface area (TPSA) is 0 Å². The molecule has 2 atom stereocenters. The molecule has 28 heavy (non-hydrogen) atoms. The lowest BCUT2D eigenvalue weighted by Gasteiger charge is -2.46. The molecule has 0 nitrogen and oxygen atoms in total. The van der Waals surface area contributed by atoms with Crippen molar-refractivity contribution in [2.75, 3.05) is 18.5 Å². The minimum atomic E-state index is -0.448. The Morgan fingerprint density at radius 3 is 1.86 bits per heavy atom. The summed E-state index contributed by atoms with van der Waals surface area (Å²) in [6, 6.07) is 22.6. The molecular weight excluding hydrogens is 374 g/mol.